The molecule has 144 valence electrons. The predicted octanol–water partition coefficient (Wildman–Crippen LogP) is -0.410. The van der Waals surface area contributed by atoms with Gasteiger partial charge < -0.3 is 34.5 Å². The van der Waals surface area contributed by atoms with E-state index < -0.39 is 28.3 Å². The first-order valence-electron chi connectivity index (χ1n) is 6.88. The van der Waals surface area contributed by atoms with Gasteiger partial charge in [-0.25, -0.2) is 0 Å². The molecular weight excluding hydrogens is 412 g/mol. The van der Waals surface area contributed by atoms with E-state index in [1.54, 1.807) is 0 Å². The first-order chi connectivity index (χ1) is 12.0. The average molecular weight is 433 g/mol. The molecule has 1 atom stereocenters. The molecule has 0 spiro atoms. The quantitative estimate of drug-likeness (QED) is 0.119. The summed E-state index contributed by atoms with van der Waals surface area (Å²) in [5.41, 5.74) is -3.17. The Balaban J connectivity index is 5.94. The molecule has 0 saturated carbocycles. The maximum absolute atomic E-state index is 10.8. The molecule has 1 unspecified atom stereocenters. The van der Waals surface area contributed by atoms with Crippen LogP contribution in [0.1, 0.15) is 0 Å². The monoisotopic (exact) mass is 432 g/mol. The van der Waals surface area contributed by atoms with E-state index in [9.17, 15) is 34.5 Å². The molecule has 0 amide bonds. The van der Waals surface area contributed by atoms with Gasteiger partial charge in [0.25, 0.3) is 0 Å². The van der Waals surface area contributed by atoms with E-state index in [1.165, 1.54) is 0 Å². The molecular formula is C13H20O8S4. The molecule has 0 aromatic carbocycles. The summed E-state index contributed by atoms with van der Waals surface area (Å²) in [7, 11) is 0. The zero-order valence-electron chi connectivity index (χ0n) is 13.1. The van der Waals surface area contributed by atoms with E-state index in [-0.39, 0.29) is 23.0 Å². The van der Waals surface area contributed by atoms with Crippen molar-refractivity contribution < 1.29 is 38.7 Å². The Kier molecular flexibility index (Phi) is 14.0. The van der Waals surface area contributed by atoms with E-state index in [0.717, 1.165) is 35.3 Å². The van der Waals surface area contributed by atoms with Crippen LogP contribution < -0.4 is 0 Å². The molecule has 0 aromatic rings. The summed E-state index contributed by atoms with van der Waals surface area (Å²) in [6, 6.07) is 0. The van der Waals surface area contributed by atoms with Gasteiger partial charge in [0.2, 0.25) is 0 Å². The minimum absolute atomic E-state index is 0.0738. The molecule has 0 aliphatic carbocycles. The number of carbonyl (C=O) groups excluding carboxylic acids is 4. The van der Waals surface area contributed by atoms with Crippen molar-refractivity contribution in [2.75, 3.05) is 36.2 Å². The fourth-order valence-electron chi connectivity index (χ4n) is 1.73. The van der Waals surface area contributed by atoms with Gasteiger partial charge in [0, 0.05) is 12.0 Å². The second-order valence-electron chi connectivity index (χ2n) is 4.37. The smallest absolute Gasteiger partial charge is 0.188 e. The highest BCUT2D eigenvalue weighted by Gasteiger charge is 2.58. The predicted molar refractivity (Wildman–Crippen MR) is 101 cm³/mol. The van der Waals surface area contributed by atoms with Crippen LogP contribution in [0.2, 0.25) is 0 Å². The molecule has 0 aliphatic heterocycles. The maximum Gasteiger partial charge on any atom is 0.188 e. The lowest BCUT2D eigenvalue weighted by Gasteiger charge is -2.48. The third kappa shape index (κ3) is 6.86. The van der Waals surface area contributed by atoms with Crippen LogP contribution in [0, 0.1) is 5.41 Å². The molecule has 0 heterocycles. The molecule has 0 saturated heterocycles. The number of thioether (sulfide) groups is 3. The normalized spacial score (nSPS) is 13.2. The summed E-state index contributed by atoms with van der Waals surface area (Å²) in [4.78, 5) is 42.8. The van der Waals surface area contributed by atoms with Crippen molar-refractivity contribution >= 4 is 72.5 Å². The Morgan fingerprint density at radius 3 is 1.72 bits per heavy atom. The third-order valence-corrected chi connectivity index (χ3v) is 7.96. The van der Waals surface area contributed by atoms with Crippen molar-refractivity contribution in [3.8, 4) is 0 Å². The first kappa shape index (κ1) is 24.9. The summed E-state index contributed by atoms with van der Waals surface area (Å²) < 4.78 is 4.01. The SMILES string of the molecule is O=CCSOC(SCC=O)(SCC=O)C(CO)(CO)C(O)SCC=O. The summed E-state index contributed by atoms with van der Waals surface area (Å²) in [6.45, 7) is -1.51. The van der Waals surface area contributed by atoms with Crippen LogP contribution in [-0.4, -0.2) is 86.4 Å². The maximum atomic E-state index is 10.8. The lowest BCUT2D eigenvalue weighted by Crippen LogP contribution is -2.56. The number of rotatable bonds is 17. The van der Waals surface area contributed by atoms with E-state index in [1.807, 2.05) is 0 Å². The third-order valence-electron chi connectivity index (χ3n) is 2.96. The standard InChI is InChI=1S/C13H20O8S4/c14-1-5-22-11(20)12(9-18,10-19)13(23-6-2-15,24-7-3-16)21-25-8-4-17/h1-4,11,18-20H,5-10H2. The van der Waals surface area contributed by atoms with Gasteiger partial charge in [0.1, 0.15) is 36.0 Å². The van der Waals surface area contributed by atoms with Crippen LogP contribution in [0.4, 0.5) is 0 Å². The van der Waals surface area contributed by atoms with Crippen molar-refractivity contribution in [2.45, 2.75) is 9.70 Å². The Hall–Kier alpha value is -0.0800. The van der Waals surface area contributed by atoms with Crippen LogP contribution in [0.3, 0.4) is 0 Å². The summed E-state index contributed by atoms with van der Waals surface area (Å²) >= 11 is 3.22. The van der Waals surface area contributed by atoms with Crippen LogP contribution in [0.5, 0.6) is 0 Å². The van der Waals surface area contributed by atoms with Gasteiger partial charge >= 0.3 is 0 Å². The van der Waals surface area contributed by atoms with Crippen molar-refractivity contribution in [2.24, 2.45) is 5.41 Å². The Labute approximate surface area is 162 Å². The number of aliphatic hydroxyl groups excluding tert-OH is 3. The number of carbonyl (C=O) groups is 4. The van der Waals surface area contributed by atoms with Gasteiger partial charge in [-0.1, -0.05) is 0 Å². The van der Waals surface area contributed by atoms with Gasteiger partial charge in [0.05, 0.1) is 36.2 Å². The molecule has 0 fully saturated rings. The lowest BCUT2D eigenvalue weighted by atomic mass is 9.91. The summed E-state index contributed by atoms with van der Waals surface area (Å²) in [6.07, 6.45) is 2.26. The number of aldehydes is 4. The Bertz CT molecular complexity index is 407. The zero-order valence-corrected chi connectivity index (χ0v) is 16.4. The van der Waals surface area contributed by atoms with Gasteiger partial charge in [-0.2, -0.15) is 0 Å². The van der Waals surface area contributed by atoms with Crippen molar-refractivity contribution in [3.05, 3.63) is 0 Å². The second-order valence-corrected chi connectivity index (χ2v) is 8.87. The zero-order chi connectivity index (χ0) is 19.2. The van der Waals surface area contributed by atoms with Crippen LogP contribution >= 0.6 is 47.3 Å². The Morgan fingerprint density at radius 1 is 0.840 bits per heavy atom. The largest absolute Gasteiger partial charge is 0.395 e. The topological polar surface area (TPSA) is 138 Å². The van der Waals surface area contributed by atoms with E-state index >= 15 is 0 Å². The Morgan fingerprint density at radius 2 is 1.32 bits per heavy atom. The molecule has 8 nitrogen and oxygen atoms in total. The van der Waals surface area contributed by atoms with E-state index in [2.05, 4.69) is 0 Å². The molecule has 25 heavy (non-hydrogen) atoms. The van der Waals surface area contributed by atoms with Gasteiger partial charge in [-0.05, 0) is 0 Å². The van der Waals surface area contributed by atoms with E-state index in [0.29, 0.717) is 37.2 Å². The molecule has 0 bridgehead atoms. The highest BCUT2D eigenvalue weighted by molar-refractivity contribution is 8.19. The summed E-state index contributed by atoms with van der Waals surface area (Å²) in [5.74, 6) is -0.395. The van der Waals surface area contributed by atoms with E-state index in [4.69, 9.17) is 4.18 Å². The molecule has 0 radical (unpaired) electrons. The molecule has 0 aromatic heterocycles. The highest BCUT2D eigenvalue weighted by atomic mass is 32.2. The van der Waals surface area contributed by atoms with Crippen LogP contribution in [-0.2, 0) is 23.4 Å². The fraction of sp³-hybridized carbons (Fsp3) is 0.692. The number of aliphatic hydroxyl groups is 3. The van der Waals surface area contributed by atoms with Gasteiger partial charge in [-0.3, -0.25) is 4.18 Å². The minimum atomic E-state index is -1.72. The lowest BCUT2D eigenvalue weighted by molar-refractivity contribution is -0.106. The summed E-state index contributed by atoms with van der Waals surface area (Å²) in [5, 5.41) is 30.4. The molecule has 12 heteroatoms. The molecule has 0 aliphatic rings. The van der Waals surface area contributed by atoms with Crippen molar-refractivity contribution in [1.29, 1.82) is 0 Å². The molecule has 0 rings (SSSR count). The minimum Gasteiger partial charge on any atom is -0.395 e. The van der Waals surface area contributed by atoms with Crippen molar-refractivity contribution in [1.82, 2.24) is 0 Å². The number of hydrogen-bond donors (Lipinski definition) is 3. The number of hydrogen-bond acceptors (Lipinski definition) is 12. The second kappa shape index (κ2) is 14.0. The van der Waals surface area contributed by atoms with Crippen molar-refractivity contribution in [3.63, 3.8) is 0 Å². The highest BCUT2D eigenvalue weighted by Crippen LogP contribution is 2.56. The first-order valence-corrected chi connectivity index (χ1v) is 10.8. The van der Waals surface area contributed by atoms with Crippen LogP contribution in [0.25, 0.3) is 0 Å². The van der Waals surface area contributed by atoms with Crippen LogP contribution in [0.15, 0.2) is 0 Å². The van der Waals surface area contributed by atoms with Gasteiger partial charge in [0.15, 0.2) is 4.27 Å². The average Bonchev–Trinajstić information content (AvgIpc) is 2.64. The van der Waals surface area contributed by atoms with Gasteiger partial charge in [-0.15, -0.1) is 35.3 Å². The molecule has 3 N–H and O–H groups in total. The fourth-order valence-corrected chi connectivity index (χ4v) is 6.26.